The molecule has 0 fully saturated rings. The van der Waals surface area contributed by atoms with Crippen LogP contribution in [0, 0.1) is 5.92 Å². The maximum absolute atomic E-state index is 11.9. The molecule has 1 aromatic rings. The van der Waals surface area contributed by atoms with Crippen LogP contribution in [0.25, 0.3) is 0 Å². The zero-order chi connectivity index (χ0) is 17.3. The van der Waals surface area contributed by atoms with Gasteiger partial charge in [0.05, 0.1) is 26.1 Å². The van der Waals surface area contributed by atoms with Crippen LogP contribution in [0.5, 0.6) is 0 Å². The maximum atomic E-state index is 11.9. The van der Waals surface area contributed by atoms with E-state index in [1.807, 2.05) is 30.3 Å². The minimum absolute atomic E-state index is 0.00135. The second-order valence-corrected chi connectivity index (χ2v) is 6.34. The van der Waals surface area contributed by atoms with Gasteiger partial charge >= 0.3 is 11.9 Å². The molecule has 0 amide bonds. The van der Waals surface area contributed by atoms with Crippen molar-refractivity contribution in [2.75, 3.05) is 13.7 Å². The first-order valence-corrected chi connectivity index (χ1v) is 7.73. The van der Waals surface area contributed by atoms with E-state index >= 15 is 0 Å². The number of carbonyl (C=O) groups excluding carboxylic acids is 2. The van der Waals surface area contributed by atoms with Gasteiger partial charge in [0, 0.05) is 6.61 Å². The van der Waals surface area contributed by atoms with Crippen LogP contribution in [0.15, 0.2) is 30.3 Å². The molecule has 0 N–H and O–H groups in total. The molecule has 23 heavy (non-hydrogen) atoms. The molecule has 0 heterocycles. The molecule has 0 aromatic heterocycles. The molecule has 0 saturated carbocycles. The van der Waals surface area contributed by atoms with E-state index in [-0.39, 0.29) is 6.42 Å². The highest BCUT2D eigenvalue weighted by Crippen LogP contribution is 2.16. The Morgan fingerprint density at radius 2 is 1.78 bits per heavy atom. The standard InChI is InChI=1S/C18H26O5/c1-18(2,3)23-16(19)12-15(17(20)21-4)10-11-22-13-14-8-6-5-7-9-14/h5-9,15H,10-13H2,1-4H3. The predicted octanol–water partition coefficient (Wildman–Crippen LogP) is 3.11. The summed E-state index contributed by atoms with van der Waals surface area (Å²) < 4.78 is 15.6. The van der Waals surface area contributed by atoms with Gasteiger partial charge in [0.1, 0.15) is 5.60 Å². The molecule has 0 radical (unpaired) electrons. The largest absolute Gasteiger partial charge is 0.469 e. The van der Waals surface area contributed by atoms with Gasteiger partial charge in [0.15, 0.2) is 0 Å². The van der Waals surface area contributed by atoms with Crippen LogP contribution in [0.4, 0.5) is 0 Å². The van der Waals surface area contributed by atoms with Crippen LogP contribution < -0.4 is 0 Å². The fraction of sp³-hybridized carbons (Fsp3) is 0.556. The van der Waals surface area contributed by atoms with Gasteiger partial charge in [0.25, 0.3) is 0 Å². The molecule has 0 aliphatic carbocycles. The predicted molar refractivity (Wildman–Crippen MR) is 86.7 cm³/mol. The van der Waals surface area contributed by atoms with E-state index < -0.39 is 23.5 Å². The van der Waals surface area contributed by atoms with Crippen molar-refractivity contribution in [3.05, 3.63) is 35.9 Å². The van der Waals surface area contributed by atoms with Crippen molar-refractivity contribution in [3.63, 3.8) is 0 Å². The number of benzene rings is 1. The van der Waals surface area contributed by atoms with Crippen LogP contribution in [0.2, 0.25) is 0 Å². The third kappa shape index (κ3) is 8.35. The van der Waals surface area contributed by atoms with Crippen LogP contribution in [-0.4, -0.2) is 31.3 Å². The average Bonchev–Trinajstić information content (AvgIpc) is 2.48. The number of hydrogen-bond donors (Lipinski definition) is 0. The van der Waals surface area contributed by atoms with Gasteiger partial charge in [0.2, 0.25) is 0 Å². The second kappa shape index (κ2) is 9.30. The Balaban J connectivity index is 2.42. The molecule has 1 unspecified atom stereocenters. The van der Waals surface area contributed by atoms with Gasteiger partial charge in [-0.25, -0.2) is 0 Å². The van der Waals surface area contributed by atoms with E-state index in [1.54, 1.807) is 20.8 Å². The number of carbonyl (C=O) groups is 2. The molecule has 0 aliphatic heterocycles. The lowest BCUT2D eigenvalue weighted by molar-refractivity contribution is -0.161. The topological polar surface area (TPSA) is 61.8 Å². The Morgan fingerprint density at radius 3 is 2.35 bits per heavy atom. The Hall–Kier alpha value is -1.88. The van der Waals surface area contributed by atoms with Crippen molar-refractivity contribution in [2.24, 2.45) is 5.92 Å². The number of hydrogen-bond acceptors (Lipinski definition) is 5. The average molecular weight is 322 g/mol. The number of methoxy groups -OCH3 is 1. The Morgan fingerprint density at radius 1 is 1.13 bits per heavy atom. The quantitative estimate of drug-likeness (QED) is 0.543. The number of ether oxygens (including phenoxy) is 3. The third-order valence-corrected chi connectivity index (χ3v) is 3.09. The minimum atomic E-state index is -0.568. The van der Waals surface area contributed by atoms with Crippen LogP contribution >= 0.6 is 0 Å². The summed E-state index contributed by atoms with van der Waals surface area (Å²) in [6.45, 7) is 6.22. The first kappa shape index (κ1) is 19.2. The van der Waals surface area contributed by atoms with Crippen LogP contribution in [-0.2, 0) is 30.4 Å². The molecular weight excluding hydrogens is 296 g/mol. The van der Waals surface area contributed by atoms with Crippen molar-refractivity contribution >= 4 is 11.9 Å². The van der Waals surface area contributed by atoms with Gasteiger partial charge in [-0.2, -0.15) is 0 Å². The van der Waals surface area contributed by atoms with E-state index in [1.165, 1.54) is 7.11 Å². The van der Waals surface area contributed by atoms with E-state index in [9.17, 15) is 9.59 Å². The van der Waals surface area contributed by atoms with Crippen molar-refractivity contribution in [1.82, 2.24) is 0 Å². The fourth-order valence-corrected chi connectivity index (χ4v) is 2.04. The summed E-state index contributed by atoms with van der Waals surface area (Å²) in [6.07, 6.45) is 0.414. The third-order valence-electron chi connectivity index (χ3n) is 3.09. The van der Waals surface area contributed by atoms with Crippen molar-refractivity contribution in [2.45, 2.75) is 45.8 Å². The molecule has 1 atom stereocenters. The molecule has 0 aliphatic rings. The molecule has 5 heteroatoms. The Bertz CT molecular complexity index is 490. The van der Waals surface area contributed by atoms with Gasteiger partial charge in [-0.15, -0.1) is 0 Å². The summed E-state index contributed by atoms with van der Waals surface area (Å²) in [5.74, 6) is -1.37. The van der Waals surface area contributed by atoms with Gasteiger partial charge in [-0.3, -0.25) is 9.59 Å². The lowest BCUT2D eigenvalue weighted by atomic mass is 10.0. The van der Waals surface area contributed by atoms with Gasteiger partial charge in [-0.05, 0) is 32.8 Å². The van der Waals surface area contributed by atoms with Crippen molar-refractivity contribution < 1.29 is 23.8 Å². The molecule has 1 aromatic carbocycles. The summed E-state index contributed by atoms with van der Waals surface area (Å²) in [5, 5.41) is 0. The van der Waals surface area contributed by atoms with E-state index in [0.29, 0.717) is 19.6 Å². The lowest BCUT2D eigenvalue weighted by Gasteiger charge is -2.21. The summed E-state index contributed by atoms with van der Waals surface area (Å²) in [4.78, 5) is 23.7. The second-order valence-electron chi connectivity index (χ2n) is 6.34. The summed E-state index contributed by atoms with van der Waals surface area (Å²) >= 11 is 0. The Labute approximate surface area is 137 Å². The number of esters is 2. The first-order chi connectivity index (χ1) is 10.8. The van der Waals surface area contributed by atoms with Crippen molar-refractivity contribution in [1.29, 1.82) is 0 Å². The summed E-state index contributed by atoms with van der Waals surface area (Å²) in [5.41, 5.74) is 0.496. The van der Waals surface area contributed by atoms with Gasteiger partial charge in [-0.1, -0.05) is 30.3 Å². The smallest absolute Gasteiger partial charge is 0.309 e. The highest BCUT2D eigenvalue weighted by molar-refractivity contribution is 5.80. The molecule has 5 nitrogen and oxygen atoms in total. The molecule has 0 bridgehead atoms. The van der Waals surface area contributed by atoms with E-state index in [2.05, 4.69) is 0 Å². The van der Waals surface area contributed by atoms with Gasteiger partial charge < -0.3 is 14.2 Å². The molecule has 0 saturated heterocycles. The van der Waals surface area contributed by atoms with Crippen LogP contribution in [0.3, 0.4) is 0 Å². The SMILES string of the molecule is COC(=O)C(CCOCc1ccccc1)CC(=O)OC(C)(C)C. The first-order valence-electron chi connectivity index (χ1n) is 7.73. The molecule has 0 spiro atoms. The van der Waals surface area contributed by atoms with E-state index in [4.69, 9.17) is 14.2 Å². The summed E-state index contributed by atoms with van der Waals surface area (Å²) in [7, 11) is 1.31. The lowest BCUT2D eigenvalue weighted by Crippen LogP contribution is -2.28. The molecule has 128 valence electrons. The summed E-state index contributed by atoms with van der Waals surface area (Å²) in [6, 6.07) is 9.77. The zero-order valence-corrected chi connectivity index (χ0v) is 14.3. The van der Waals surface area contributed by atoms with E-state index in [0.717, 1.165) is 5.56 Å². The monoisotopic (exact) mass is 322 g/mol. The normalized spacial score (nSPS) is 12.5. The maximum Gasteiger partial charge on any atom is 0.309 e. The highest BCUT2D eigenvalue weighted by Gasteiger charge is 2.26. The molecule has 1 rings (SSSR count). The van der Waals surface area contributed by atoms with Crippen molar-refractivity contribution in [3.8, 4) is 0 Å². The molecular formula is C18H26O5. The Kier molecular flexibility index (Phi) is 7.75. The number of rotatable bonds is 8. The zero-order valence-electron chi connectivity index (χ0n) is 14.3. The fourth-order valence-electron chi connectivity index (χ4n) is 2.04. The van der Waals surface area contributed by atoms with Crippen LogP contribution in [0.1, 0.15) is 39.2 Å². The minimum Gasteiger partial charge on any atom is -0.469 e. The highest BCUT2D eigenvalue weighted by atomic mass is 16.6.